The third-order valence-corrected chi connectivity index (χ3v) is 5.22. The Labute approximate surface area is 155 Å². The molecule has 2 fully saturated rings. The normalized spacial score (nSPS) is 23.1. The van der Waals surface area contributed by atoms with Crippen LogP contribution >= 0.6 is 0 Å². The molecular weight excluding hydrogens is 328 g/mol. The lowest BCUT2D eigenvalue weighted by molar-refractivity contribution is 0.0245. The zero-order valence-corrected chi connectivity index (χ0v) is 15.3. The summed E-state index contributed by atoms with van der Waals surface area (Å²) in [4.78, 5) is 11.6. The van der Waals surface area contributed by atoms with Gasteiger partial charge in [-0.05, 0) is 12.0 Å². The van der Waals surface area contributed by atoms with E-state index in [4.69, 9.17) is 4.74 Å². The van der Waals surface area contributed by atoms with Crippen molar-refractivity contribution in [2.45, 2.75) is 19.1 Å². The minimum atomic E-state index is 0.290. The van der Waals surface area contributed by atoms with Gasteiger partial charge in [-0.3, -0.25) is 9.80 Å². The van der Waals surface area contributed by atoms with Crippen molar-refractivity contribution in [1.29, 1.82) is 0 Å². The number of piperazine rings is 1. The smallest absolute Gasteiger partial charge is 0.221 e. The van der Waals surface area contributed by atoms with Gasteiger partial charge in [-0.25, -0.2) is 5.10 Å². The van der Waals surface area contributed by atoms with Crippen LogP contribution in [0.2, 0.25) is 0 Å². The quantitative estimate of drug-likeness (QED) is 0.869. The molecule has 140 valence electrons. The summed E-state index contributed by atoms with van der Waals surface area (Å²) in [5.74, 6) is 0.879. The van der Waals surface area contributed by atoms with Crippen LogP contribution in [0.5, 0.6) is 0 Å². The number of aromatic nitrogens is 3. The lowest BCUT2D eigenvalue weighted by atomic mass is 10.2. The number of hydrogen-bond acceptors (Lipinski definition) is 6. The van der Waals surface area contributed by atoms with Crippen molar-refractivity contribution in [3.05, 3.63) is 42.2 Å². The monoisotopic (exact) mass is 356 g/mol. The number of nitrogens with zero attached hydrogens (tertiary/aromatic N) is 5. The van der Waals surface area contributed by atoms with Gasteiger partial charge in [-0.15, -0.1) is 0 Å². The number of H-pyrrole nitrogens is 1. The first-order chi connectivity index (χ1) is 12.9. The second kappa shape index (κ2) is 8.62. The second-order valence-electron chi connectivity index (χ2n) is 7.16. The summed E-state index contributed by atoms with van der Waals surface area (Å²) < 4.78 is 6.15. The SMILES string of the molecule is c1ccc(CN2CCCO[C@H](CN3CCN(c4ncn[nH]4)CC3)C2)cc1. The molecule has 0 bridgehead atoms. The first kappa shape index (κ1) is 17.5. The maximum Gasteiger partial charge on any atom is 0.221 e. The van der Waals surface area contributed by atoms with Crippen LogP contribution in [0, 0.1) is 0 Å². The minimum absolute atomic E-state index is 0.290. The fourth-order valence-electron chi connectivity index (χ4n) is 3.85. The molecule has 7 nitrogen and oxygen atoms in total. The van der Waals surface area contributed by atoms with E-state index in [9.17, 15) is 0 Å². The lowest BCUT2D eigenvalue weighted by Crippen LogP contribution is -2.50. The summed E-state index contributed by atoms with van der Waals surface area (Å²) in [5.41, 5.74) is 1.38. The molecule has 0 aliphatic carbocycles. The highest BCUT2D eigenvalue weighted by atomic mass is 16.5. The van der Waals surface area contributed by atoms with Gasteiger partial charge in [0.25, 0.3) is 0 Å². The molecule has 0 unspecified atom stereocenters. The van der Waals surface area contributed by atoms with E-state index in [-0.39, 0.29) is 6.10 Å². The Morgan fingerprint density at radius 1 is 1.04 bits per heavy atom. The number of aromatic amines is 1. The van der Waals surface area contributed by atoms with E-state index >= 15 is 0 Å². The summed E-state index contributed by atoms with van der Waals surface area (Å²) in [5, 5.41) is 6.90. The summed E-state index contributed by atoms with van der Waals surface area (Å²) in [6.07, 6.45) is 2.98. The topological polar surface area (TPSA) is 60.5 Å². The maximum atomic E-state index is 6.15. The molecule has 0 amide bonds. The van der Waals surface area contributed by atoms with Gasteiger partial charge in [0.05, 0.1) is 6.10 Å². The molecule has 3 heterocycles. The largest absolute Gasteiger partial charge is 0.376 e. The summed E-state index contributed by atoms with van der Waals surface area (Å²) in [6, 6.07) is 10.7. The average Bonchev–Trinajstić information content (AvgIpc) is 3.12. The van der Waals surface area contributed by atoms with Crippen LogP contribution in [0.4, 0.5) is 5.95 Å². The molecule has 1 aromatic heterocycles. The molecule has 2 aliphatic heterocycles. The summed E-state index contributed by atoms with van der Waals surface area (Å²) in [7, 11) is 0. The standard InChI is InChI=1S/C19H28N6O/c1-2-5-17(6-3-1)13-24-7-4-12-26-18(15-24)14-23-8-10-25(11-9-23)19-20-16-21-22-19/h1-3,5-6,16,18H,4,7-15H2,(H,20,21,22)/t18-/m1/s1. The van der Waals surface area contributed by atoms with Gasteiger partial charge in [-0.2, -0.15) is 10.1 Å². The van der Waals surface area contributed by atoms with Crippen molar-refractivity contribution in [2.75, 3.05) is 57.3 Å². The van der Waals surface area contributed by atoms with Gasteiger partial charge in [-0.1, -0.05) is 30.3 Å². The Morgan fingerprint density at radius 2 is 1.88 bits per heavy atom. The molecule has 7 heteroatoms. The van der Waals surface area contributed by atoms with E-state index < -0.39 is 0 Å². The highest BCUT2D eigenvalue weighted by molar-refractivity contribution is 5.27. The molecule has 0 spiro atoms. The first-order valence-electron chi connectivity index (χ1n) is 9.57. The number of benzene rings is 1. The Bertz CT molecular complexity index is 641. The van der Waals surface area contributed by atoms with E-state index in [1.165, 1.54) is 5.56 Å². The van der Waals surface area contributed by atoms with Crippen LogP contribution in [-0.2, 0) is 11.3 Å². The predicted octanol–water partition coefficient (Wildman–Crippen LogP) is 1.22. The van der Waals surface area contributed by atoms with Crippen molar-refractivity contribution in [2.24, 2.45) is 0 Å². The summed E-state index contributed by atoms with van der Waals surface area (Å²) in [6.45, 7) is 9.06. The number of nitrogens with one attached hydrogen (secondary N) is 1. The number of rotatable bonds is 5. The third kappa shape index (κ3) is 4.60. The van der Waals surface area contributed by atoms with Crippen molar-refractivity contribution in [3.63, 3.8) is 0 Å². The highest BCUT2D eigenvalue weighted by Gasteiger charge is 2.24. The van der Waals surface area contributed by atoms with Crippen molar-refractivity contribution in [1.82, 2.24) is 25.0 Å². The second-order valence-corrected chi connectivity index (χ2v) is 7.16. The van der Waals surface area contributed by atoms with E-state index in [1.807, 2.05) is 0 Å². The fourth-order valence-corrected chi connectivity index (χ4v) is 3.85. The van der Waals surface area contributed by atoms with Crippen LogP contribution in [-0.4, -0.2) is 83.5 Å². The zero-order valence-electron chi connectivity index (χ0n) is 15.3. The van der Waals surface area contributed by atoms with E-state index in [0.29, 0.717) is 0 Å². The molecule has 1 N–H and O–H groups in total. The Kier molecular flexibility index (Phi) is 5.78. The zero-order chi connectivity index (χ0) is 17.6. The molecule has 2 aliphatic rings. The van der Waals surface area contributed by atoms with Crippen LogP contribution < -0.4 is 4.90 Å². The van der Waals surface area contributed by atoms with Crippen molar-refractivity contribution >= 4 is 5.95 Å². The molecule has 2 aromatic rings. The first-order valence-corrected chi connectivity index (χ1v) is 9.57. The van der Waals surface area contributed by atoms with Gasteiger partial charge >= 0.3 is 0 Å². The van der Waals surface area contributed by atoms with Gasteiger partial charge in [0.15, 0.2) is 0 Å². The summed E-state index contributed by atoms with van der Waals surface area (Å²) >= 11 is 0. The molecule has 1 atom stereocenters. The van der Waals surface area contributed by atoms with Gasteiger partial charge in [0, 0.05) is 59.0 Å². The third-order valence-electron chi connectivity index (χ3n) is 5.22. The fraction of sp³-hybridized carbons (Fsp3) is 0.579. The van der Waals surface area contributed by atoms with Gasteiger partial charge < -0.3 is 9.64 Å². The van der Waals surface area contributed by atoms with Crippen LogP contribution in [0.15, 0.2) is 36.7 Å². The predicted molar refractivity (Wildman–Crippen MR) is 101 cm³/mol. The number of anilines is 1. The van der Waals surface area contributed by atoms with Crippen LogP contribution in [0.25, 0.3) is 0 Å². The lowest BCUT2D eigenvalue weighted by Gasteiger charge is -2.36. The average molecular weight is 356 g/mol. The maximum absolute atomic E-state index is 6.15. The number of hydrogen-bond donors (Lipinski definition) is 1. The van der Waals surface area contributed by atoms with Crippen molar-refractivity contribution in [3.8, 4) is 0 Å². The Morgan fingerprint density at radius 3 is 2.65 bits per heavy atom. The molecule has 0 saturated carbocycles. The molecule has 26 heavy (non-hydrogen) atoms. The highest BCUT2D eigenvalue weighted by Crippen LogP contribution is 2.14. The number of ether oxygens (including phenoxy) is 1. The van der Waals surface area contributed by atoms with E-state index in [1.54, 1.807) is 6.33 Å². The van der Waals surface area contributed by atoms with E-state index in [0.717, 1.165) is 71.3 Å². The van der Waals surface area contributed by atoms with E-state index in [2.05, 4.69) is 60.2 Å². The molecule has 1 aromatic carbocycles. The minimum Gasteiger partial charge on any atom is -0.376 e. The molecular formula is C19H28N6O. The molecule has 0 radical (unpaired) electrons. The Hall–Kier alpha value is -1.96. The molecule has 4 rings (SSSR count). The molecule has 2 saturated heterocycles. The van der Waals surface area contributed by atoms with Crippen LogP contribution in [0.1, 0.15) is 12.0 Å². The van der Waals surface area contributed by atoms with Crippen LogP contribution in [0.3, 0.4) is 0 Å². The van der Waals surface area contributed by atoms with Gasteiger partial charge in [0.2, 0.25) is 5.95 Å². The Balaban J connectivity index is 1.27. The van der Waals surface area contributed by atoms with Crippen molar-refractivity contribution < 1.29 is 4.74 Å². The van der Waals surface area contributed by atoms with Gasteiger partial charge in [0.1, 0.15) is 6.33 Å².